The first kappa shape index (κ1) is 18.4. The van der Waals surface area contributed by atoms with E-state index in [0.29, 0.717) is 23.6 Å². The Morgan fingerprint density at radius 1 is 1.00 bits per heavy atom. The Morgan fingerprint density at radius 2 is 1.72 bits per heavy atom. The summed E-state index contributed by atoms with van der Waals surface area (Å²) < 4.78 is 40.7. The first-order valence-electron chi connectivity index (χ1n) is 10.2. The van der Waals surface area contributed by atoms with Crippen LogP contribution in [0.3, 0.4) is 0 Å². The van der Waals surface area contributed by atoms with Crippen molar-refractivity contribution in [3.63, 3.8) is 0 Å². The van der Waals surface area contributed by atoms with Crippen LogP contribution in [0.2, 0.25) is 0 Å². The van der Waals surface area contributed by atoms with Gasteiger partial charge in [0.15, 0.2) is 11.5 Å². The Bertz CT molecular complexity index is 990. The van der Waals surface area contributed by atoms with Crippen molar-refractivity contribution in [1.29, 1.82) is 0 Å². The van der Waals surface area contributed by atoms with Gasteiger partial charge in [-0.1, -0.05) is 38.0 Å². The predicted octanol–water partition coefficient (Wildman–Crippen LogP) is 5.12. The number of amides is 1. The summed E-state index contributed by atoms with van der Waals surface area (Å²) in [5, 5.41) is 0. The maximum absolute atomic E-state index is 14.9. The average molecular weight is 399 g/mol. The zero-order valence-corrected chi connectivity index (χ0v) is 16.3. The van der Waals surface area contributed by atoms with E-state index in [2.05, 4.69) is 6.92 Å². The molecule has 0 fully saturated rings. The molecular formula is C23H23F2NO3. The van der Waals surface area contributed by atoms with Crippen LogP contribution in [0.1, 0.15) is 55.7 Å². The smallest absolute Gasteiger partial charge is 0.273 e. The number of hydrogen-bond acceptors (Lipinski definition) is 3. The van der Waals surface area contributed by atoms with Gasteiger partial charge in [0.05, 0.1) is 0 Å². The van der Waals surface area contributed by atoms with Crippen LogP contribution in [0, 0.1) is 0 Å². The van der Waals surface area contributed by atoms with E-state index in [1.165, 1.54) is 6.07 Å². The Morgan fingerprint density at radius 3 is 2.48 bits per heavy atom. The normalized spacial score (nSPS) is 23.4. The third-order valence-corrected chi connectivity index (χ3v) is 6.43. The van der Waals surface area contributed by atoms with Gasteiger partial charge in [0.2, 0.25) is 12.7 Å². The summed E-state index contributed by atoms with van der Waals surface area (Å²) in [5.41, 5.74) is 0.792. The maximum atomic E-state index is 14.9. The molecule has 0 aromatic heterocycles. The summed E-state index contributed by atoms with van der Waals surface area (Å²) in [4.78, 5) is 15.6. The summed E-state index contributed by atoms with van der Waals surface area (Å²) in [6, 6.07) is 10.6. The van der Waals surface area contributed by atoms with Crippen molar-refractivity contribution in [1.82, 2.24) is 0 Å². The molecule has 29 heavy (non-hydrogen) atoms. The second-order valence-electron chi connectivity index (χ2n) is 8.04. The van der Waals surface area contributed by atoms with Crippen molar-refractivity contribution in [2.45, 2.75) is 50.4 Å². The molecule has 2 aliphatic heterocycles. The molecule has 1 spiro atoms. The van der Waals surface area contributed by atoms with Gasteiger partial charge in [0.25, 0.3) is 5.92 Å². The number of ether oxygens (including phenoxy) is 2. The fraction of sp³-hybridized carbons (Fsp3) is 0.435. The van der Waals surface area contributed by atoms with Crippen LogP contribution in [0.15, 0.2) is 36.4 Å². The van der Waals surface area contributed by atoms with Gasteiger partial charge in [-0.3, -0.25) is 4.79 Å². The van der Waals surface area contributed by atoms with Crippen LogP contribution in [0.5, 0.6) is 11.5 Å². The van der Waals surface area contributed by atoms with Gasteiger partial charge in [0.1, 0.15) is 5.41 Å². The number of nitrogens with zero attached hydrogens (tertiary/aromatic N) is 1. The molecule has 0 N–H and O–H groups in total. The number of alkyl halides is 2. The number of carbonyl (C=O) groups excluding carboxylic acids is 1. The maximum Gasteiger partial charge on any atom is 0.273 e. The number of fused-ring (bicyclic) bond motifs is 5. The molecule has 0 saturated heterocycles. The third-order valence-electron chi connectivity index (χ3n) is 6.43. The Labute approximate surface area is 168 Å². The van der Waals surface area contributed by atoms with E-state index in [9.17, 15) is 13.6 Å². The minimum Gasteiger partial charge on any atom is -0.454 e. The highest BCUT2D eigenvalue weighted by molar-refractivity contribution is 6.11. The number of para-hydroxylation sites is 1. The summed E-state index contributed by atoms with van der Waals surface area (Å²) in [6.07, 6.45) is 2.66. The lowest BCUT2D eigenvalue weighted by Gasteiger charge is -2.38. The molecule has 152 valence electrons. The molecule has 4 nitrogen and oxygen atoms in total. The van der Waals surface area contributed by atoms with Crippen LogP contribution in [-0.2, 0) is 16.1 Å². The quantitative estimate of drug-likeness (QED) is 0.670. The predicted molar refractivity (Wildman–Crippen MR) is 105 cm³/mol. The van der Waals surface area contributed by atoms with Crippen molar-refractivity contribution in [2.24, 2.45) is 0 Å². The Balaban J connectivity index is 1.70. The Hall–Kier alpha value is -2.63. The van der Waals surface area contributed by atoms with E-state index in [1.807, 2.05) is 24.3 Å². The fourth-order valence-corrected chi connectivity index (χ4v) is 4.98. The summed E-state index contributed by atoms with van der Waals surface area (Å²) in [6.45, 7) is 2.72. The standard InChI is InChI=1S/C23H23F2NO3/c1-2-3-6-11-26-18-8-5-4-7-15(18)22(21(26)27)9-10-23(24,25)17-13-20-19(12-16(17)22)28-14-29-20/h4-5,7-8,12-13H,2-3,6,9-11,14H2,1H3. The van der Waals surface area contributed by atoms with Crippen molar-refractivity contribution in [3.05, 3.63) is 53.1 Å². The number of benzene rings is 2. The highest BCUT2D eigenvalue weighted by Gasteiger charge is 2.58. The molecule has 0 bridgehead atoms. The lowest BCUT2D eigenvalue weighted by molar-refractivity contribution is -0.123. The van der Waals surface area contributed by atoms with Crippen molar-refractivity contribution < 1.29 is 23.0 Å². The number of rotatable bonds is 4. The Kier molecular flexibility index (Phi) is 4.09. The zero-order chi connectivity index (χ0) is 20.2. The highest BCUT2D eigenvalue weighted by atomic mass is 19.3. The van der Waals surface area contributed by atoms with Crippen LogP contribution < -0.4 is 14.4 Å². The molecule has 3 aliphatic rings. The van der Waals surface area contributed by atoms with Crippen LogP contribution in [0.25, 0.3) is 0 Å². The number of hydrogen-bond donors (Lipinski definition) is 0. The third kappa shape index (κ3) is 2.51. The fourth-order valence-electron chi connectivity index (χ4n) is 4.98. The van der Waals surface area contributed by atoms with Gasteiger partial charge < -0.3 is 14.4 Å². The molecule has 2 aromatic rings. The first-order chi connectivity index (χ1) is 14.0. The van der Waals surface area contributed by atoms with E-state index in [-0.39, 0.29) is 31.1 Å². The molecule has 1 atom stereocenters. The summed E-state index contributed by atoms with van der Waals surface area (Å²) in [5.74, 6) is -2.37. The van der Waals surface area contributed by atoms with Gasteiger partial charge in [0, 0.05) is 24.2 Å². The van der Waals surface area contributed by atoms with Crippen molar-refractivity contribution in [3.8, 4) is 11.5 Å². The van der Waals surface area contributed by atoms with Crippen molar-refractivity contribution >= 4 is 11.6 Å². The van der Waals surface area contributed by atoms with Crippen LogP contribution in [0.4, 0.5) is 14.5 Å². The van der Waals surface area contributed by atoms with Crippen LogP contribution >= 0.6 is 0 Å². The molecule has 0 saturated carbocycles. The van der Waals surface area contributed by atoms with Gasteiger partial charge in [-0.05, 0) is 42.2 Å². The SMILES string of the molecule is CCCCCN1C(=O)C2(CCC(F)(F)c3cc4c(cc32)OCO4)c2ccccc21. The highest BCUT2D eigenvalue weighted by Crippen LogP contribution is 2.58. The monoisotopic (exact) mass is 399 g/mol. The first-order valence-corrected chi connectivity index (χ1v) is 10.2. The minimum absolute atomic E-state index is 0.00444. The van der Waals surface area contributed by atoms with Gasteiger partial charge >= 0.3 is 0 Å². The molecule has 6 heteroatoms. The van der Waals surface area contributed by atoms with E-state index in [4.69, 9.17) is 9.47 Å². The van der Waals surface area contributed by atoms with E-state index in [1.54, 1.807) is 11.0 Å². The molecule has 5 rings (SSSR count). The topological polar surface area (TPSA) is 38.8 Å². The average Bonchev–Trinajstić information content (AvgIpc) is 3.26. The van der Waals surface area contributed by atoms with Gasteiger partial charge in [-0.2, -0.15) is 0 Å². The second kappa shape index (κ2) is 6.44. The number of carbonyl (C=O) groups is 1. The van der Waals surface area contributed by atoms with Crippen molar-refractivity contribution in [2.75, 3.05) is 18.2 Å². The van der Waals surface area contributed by atoms with E-state index < -0.39 is 11.3 Å². The van der Waals surface area contributed by atoms with E-state index >= 15 is 0 Å². The lowest BCUT2D eigenvalue weighted by Crippen LogP contribution is -2.46. The summed E-state index contributed by atoms with van der Waals surface area (Å²) in [7, 11) is 0. The zero-order valence-electron chi connectivity index (χ0n) is 16.3. The number of halogens is 2. The molecular weight excluding hydrogens is 376 g/mol. The molecule has 2 heterocycles. The lowest BCUT2D eigenvalue weighted by atomic mass is 9.65. The number of unbranched alkanes of at least 4 members (excludes halogenated alkanes) is 2. The summed E-state index contributed by atoms with van der Waals surface area (Å²) >= 11 is 0. The van der Waals surface area contributed by atoms with Gasteiger partial charge in [-0.15, -0.1) is 0 Å². The second-order valence-corrected chi connectivity index (χ2v) is 8.04. The molecule has 1 unspecified atom stereocenters. The number of anilines is 1. The molecule has 1 amide bonds. The molecule has 2 aromatic carbocycles. The van der Waals surface area contributed by atoms with Gasteiger partial charge in [-0.25, -0.2) is 8.78 Å². The molecule has 0 radical (unpaired) electrons. The largest absolute Gasteiger partial charge is 0.454 e. The van der Waals surface area contributed by atoms with E-state index in [0.717, 1.165) is 30.5 Å². The van der Waals surface area contributed by atoms with Crippen LogP contribution in [-0.4, -0.2) is 19.2 Å². The molecule has 1 aliphatic carbocycles. The minimum atomic E-state index is -3.01.